The molecule has 0 radical (unpaired) electrons. The number of piperidine rings is 1. The van der Waals surface area contributed by atoms with Crippen molar-refractivity contribution in [3.05, 3.63) is 58.7 Å². The first-order chi connectivity index (χ1) is 16.3. The number of carboxylic acid groups (broad SMARTS) is 1. The second-order valence-corrected chi connectivity index (χ2v) is 9.51. The van der Waals surface area contributed by atoms with Crippen LogP contribution in [0.3, 0.4) is 0 Å². The van der Waals surface area contributed by atoms with Crippen LogP contribution in [-0.2, 0) is 4.79 Å². The smallest absolute Gasteiger partial charge is 0.404 e. The lowest BCUT2D eigenvalue weighted by molar-refractivity contribution is -0.135. The summed E-state index contributed by atoms with van der Waals surface area (Å²) in [5.74, 6) is 0.936. The molecule has 2 saturated heterocycles. The molecule has 9 heteroatoms. The Morgan fingerprint density at radius 1 is 1.09 bits per heavy atom. The molecule has 0 unspecified atom stereocenters. The van der Waals surface area contributed by atoms with Gasteiger partial charge < -0.3 is 20.2 Å². The first-order valence-electron chi connectivity index (χ1n) is 11.5. The predicted octanol–water partition coefficient (Wildman–Crippen LogP) is 3.66. The number of amides is 2. The first kappa shape index (κ1) is 24.0. The Morgan fingerprint density at radius 2 is 1.79 bits per heavy atom. The zero-order chi connectivity index (χ0) is 24.2. The highest BCUT2D eigenvalue weighted by molar-refractivity contribution is 6.30. The molecule has 0 saturated carbocycles. The number of likely N-dealkylation sites (tertiary alicyclic amines) is 1. The maximum atomic E-state index is 13.4. The molecule has 34 heavy (non-hydrogen) atoms. The molecule has 2 fully saturated rings. The Balaban J connectivity index is 1.38. The van der Waals surface area contributed by atoms with Crippen molar-refractivity contribution in [3.8, 4) is 0 Å². The molecule has 2 aromatic rings. The van der Waals surface area contributed by atoms with Crippen molar-refractivity contribution in [2.24, 2.45) is 11.8 Å². The van der Waals surface area contributed by atoms with Crippen molar-refractivity contribution < 1.29 is 19.5 Å². The van der Waals surface area contributed by atoms with Gasteiger partial charge in [0.15, 0.2) is 5.78 Å². The topological polar surface area (TPSA) is 103 Å². The van der Waals surface area contributed by atoms with Gasteiger partial charge in [0.05, 0.1) is 0 Å². The average Bonchev–Trinajstić information content (AvgIpc) is 3.27. The number of ketones is 1. The van der Waals surface area contributed by atoms with Gasteiger partial charge in [0.1, 0.15) is 5.82 Å². The Labute approximate surface area is 203 Å². The van der Waals surface area contributed by atoms with Gasteiger partial charge in [-0.2, -0.15) is 0 Å². The molecule has 0 spiro atoms. The van der Waals surface area contributed by atoms with Crippen LogP contribution in [-0.4, -0.2) is 65.5 Å². The van der Waals surface area contributed by atoms with Crippen LogP contribution in [0.4, 0.5) is 10.6 Å². The van der Waals surface area contributed by atoms with E-state index in [1.165, 1.54) is 6.92 Å². The van der Waals surface area contributed by atoms with E-state index in [-0.39, 0.29) is 29.4 Å². The fourth-order valence-electron chi connectivity index (χ4n) is 4.96. The van der Waals surface area contributed by atoms with Crippen LogP contribution >= 0.6 is 11.6 Å². The lowest BCUT2D eigenvalue weighted by Crippen LogP contribution is -2.42. The van der Waals surface area contributed by atoms with Crippen molar-refractivity contribution in [2.45, 2.75) is 25.7 Å². The molecule has 4 rings (SSSR count). The molecule has 8 nitrogen and oxygen atoms in total. The van der Waals surface area contributed by atoms with Crippen molar-refractivity contribution in [1.82, 2.24) is 15.2 Å². The number of rotatable bonds is 6. The SMILES string of the molecule is CC(=O)c1ccc(N2CCC(C(=O)N3C[C@H](CNC(=O)O)[C@H](c4ccc(Cl)cc4)C3)CC2)nc1. The number of halogens is 1. The Bertz CT molecular complexity index is 1040. The zero-order valence-electron chi connectivity index (χ0n) is 19.1. The third-order valence-corrected chi connectivity index (χ3v) is 7.14. The molecular formula is C25H29ClN4O4. The zero-order valence-corrected chi connectivity index (χ0v) is 19.9. The summed E-state index contributed by atoms with van der Waals surface area (Å²) < 4.78 is 0. The highest BCUT2D eigenvalue weighted by atomic mass is 35.5. The lowest BCUT2D eigenvalue weighted by Gasteiger charge is -2.34. The molecule has 1 aromatic carbocycles. The number of anilines is 1. The van der Waals surface area contributed by atoms with Crippen molar-refractivity contribution in [3.63, 3.8) is 0 Å². The summed E-state index contributed by atoms with van der Waals surface area (Å²) in [5, 5.41) is 12.2. The second kappa shape index (κ2) is 10.4. The van der Waals surface area contributed by atoms with E-state index in [2.05, 4.69) is 15.2 Å². The van der Waals surface area contributed by atoms with Crippen molar-refractivity contribution in [2.75, 3.05) is 37.6 Å². The second-order valence-electron chi connectivity index (χ2n) is 9.07. The van der Waals surface area contributed by atoms with Crippen LogP contribution in [0.2, 0.25) is 5.02 Å². The van der Waals surface area contributed by atoms with Gasteiger partial charge in [0.25, 0.3) is 0 Å². The van der Waals surface area contributed by atoms with Gasteiger partial charge in [-0.15, -0.1) is 0 Å². The number of nitrogens with one attached hydrogen (secondary N) is 1. The molecule has 3 heterocycles. The van der Waals surface area contributed by atoms with E-state index in [0.717, 1.165) is 37.3 Å². The van der Waals surface area contributed by atoms with E-state index >= 15 is 0 Å². The number of pyridine rings is 1. The van der Waals surface area contributed by atoms with Crippen LogP contribution in [0.25, 0.3) is 0 Å². The van der Waals surface area contributed by atoms with Gasteiger partial charge in [0.2, 0.25) is 5.91 Å². The largest absolute Gasteiger partial charge is 0.465 e. The summed E-state index contributed by atoms with van der Waals surface area (Å²) in [5.41, 5.74) is 1.65. The molecule has 2 aliphatic rings. The third kappa shape index (κ3) is 5.50. The van der Waals surface area contributed by atoms with Crippen LogP contribution in [0, 0.1) is 11.8 Å². The van der Waals surface area contributed by atoms with E-state index < -0.39 is 6.09 Å². The standard InChI is InChI=1S/C25H29ClN4O4/c1-16(31)19-4-7-23(27-12-19)29-10-8-18(9-11-29)24(32)30-14-20(13-28-25(33)34)22(15-30)17-2-5-21(26)6-3-17/h2-7,12,18,20,22,28H,8-11,13-15H2,1H3,(H,33,34)/t20-,22-/m0/s1. The van der Waals surface area contributed by atoms with Crippen LogP contribution < -0.4 is 10.2 Å². The Hall–Kier alpha value is -3.13. The summed E-state index contributed by atoms with van der Waals surface area (Å²) >= 11 is 6.04. The lowest BCUT2D eigenvalue weighted by atomic mass is 9.89. The number of benzene rings is 1. The highest BCUT2D eigenvalue weighted by Crippen LogP contribution is 2.35. The van der Waals surface area contributed by atoms with Gasteiger partial charge in [-0.05, 0) is 49.6 Å². The van der Waals surface area contributed by atoms with E-state index in [1.54, 1.807) is 12.3 Å². The average molecular weight is 485 g/mol. The van der Waals surface area contributed by atoms with E-state index in [4.69, 9.17) is 16.7 Å². The molecule has 2 aliphatic heterocycles. The Morgan fingerprint density at radius 3 is 2.38 bits per heavy atom. The van der Waals surface area contributed by atoms with Gasteiger partial charge in [-0.3, -0.25) is 9.59 Å². The number of nitrogens with zero attached hydrogens (tertiary/aromatic N) is 3. The van der Waals surface area contributed by atoms with Crippen molar-refractivity contribution >= 4 is 35.2 Å². The van der Waals surface area contributed by atoms with Crippen molar-refractivity contribution in [1.29, 1.82) is 0 Å². The molecule has 0 bridgehead atoms. The number of hydrogen-bond acceptors (Lipinski definition) is 5. The quantitative estimate of drug-likeness (QED) is 0.606. The molecule has 1 aromatic heterocycles. The summed E-state index contributed by atoms with van der Waals surface area (Å²) in [6, 6.07) is 11.2. The molecular weight excluding hydrogens is 456 g/mol. The third-order valence-electron chi connectivity index (χ3n) is 6.89. The van der Waals surface area contributed by atoms with Crippen LogP contribution in [0.5, 0.6) is 0 Å². The minimum absolute atomic E-state index is 0.00491. The molecule has 0 aliphatic carbocycles. The number of hydrogen-bond donors (Lipinski definition) is 2. The van der Waals surface area contributed by atoms with E-state index in [1.807, 2.05) is 35.2 Å². The number of carbonyl (C=O) groups excluding carboxylic acids is 2. The molecule has 180 valence electrons. The molecule has 2 atom stereocenters. The normalized spacial score (nSPS) is 20.9. The number of Topliss-reactive ketones (excluding diaryl/α,β-unsaturated/α-hetero) is 1. The van der Waals surface area contributed by atoms with Gasteiger partial charge in [-0.25, -0.2) is 9.78 Å². The monoisotopic (exact) mass is 484 g/mol. The van der Waals surface area contributed by atoms with Crippen LogP contribution in [0.1, 0.15) is 41.6 Å². The predicted molar refractivity (Wildman–Crippen MR) is 129 cm³/mol. The van der Waals surface area contributed by atoms with Gasteiger partial charge in [-0.1, -0.05) is 23.7 Å². The van der Waals surface area contributed by atoms with E-state index in [9.17, 15) is 14.4 Å². The molecule has 2 N–H and O–H groups in total. The summed E-state index contributed by atoms with van der Waals surface area (Å²) in [4.78, 5) is 44.4. The van der Waals surface area contributed by atoms with E-state index in [0.29, 0.717) is 30.2 Å². The number of carbonyl (C=O) groups is 3. The molecule has 2 amide bonds. The fourth-order valence-corrected chi connectivity index (χ4v) is 5.09. The summed E-state index contributed by atoms with van der Waals surface area (Å²) in [6.45, 7) is 4.36. The maximum absolute atomic E-state index is 13.4. The van der Waals surface area contributed by atoms with Gasteiger partial charge >= 0.3 is 6.09 Å². The maximum Gasteiger partial charge on any atom is 0.404 e. The highest BCUT2D eigenvalue weighted by Gasteiger charge is 2.39. The number of aromatic nitrogens is 1. The Kier molecular flexibility index (Phi) is 7.36. The minimum atomic E-state index is -1.06. The fraction of sp³-hybridized carbons (Fsp3) is 0.440. The van der Waals surface area contributed by atoms with Gasteiger partial charge in [0, 0.05) is 67.3 Å². The minimum Gasteiger partial charge on any atom is -0.465 e. The summed E-state index contributed by atoms with van der Waals surface area (Å²) in [7, 11) is 0. The summed E-state index contributed by atoms with van der Waals surface area (Å²) in [6.07, 6.45) is 2.00. The van der Waals surface area contributed by atoms with Crippen LogP contribution in [0.15, 0.2) is 42.6 Å². The first-order valence-corrected chi connectivity index (χ1v) is 11.9.